The van der Waals surface area contributed by atoms with E-state index in [4.69, 9.17) is 0 Å². The van der Waals surface area contributed by atoms with Crippen LogP contribution in [-0.4, -0.2) is 12.0 Å². The van der Waals surface area contributed by atoms with E-state index >= 15 is 0 Å². The molecule has 76 valence electrons. The number of benzene rings is 1. The number of rotatable bonds is 3. The first-order valence-corrected chi connectivity index (χ1v) is 5.17. The smallest absolute Gasteiger partial charge is 0.101 e. The highest BCUT2D eigenvalue weighted by Crippen LogP contribution is 2.18. The number of hydrogen-bond acceptors (Lipinski definition) is 1. The Morgan fingerprint density at radius 3 is 2.60 bits per heavy atom. The second-order valence-corrected chi connectivity index (χ2v) is 3.55. The fourth-order valence-corrected chi connectivity index (χ4v) is 1.66. The van der Waals surface area contributed by atoms with Crippen molar-refractivity contribution in [2.75, 3.05) is 7.05 Å². The van der Waals surface area contributed by atoms with Crippen molar-refractivity contribution in [3.05, 3.63) is 54.4 Å². The van der Waals surface area contributed by atoms with Crippen molar-refractivity contribution < 1.29 is 5.32 Å². The van der Waals surface area contributed by atoms with Gasteiger partial charge < -0.3 is 5.32 Å². The third-order valence-electron chi connectivity index (χ3n) is 2.38. The molecule has 1 heterocycles. The van der Waals surface area contributed by atoms with Gasteiger partial charge in [-0.3, -0.25) is 4.98 Å². The predicted octanol–water partition coefficient (Wildman–Crippen LogP) is 1.44. The lowest BCUT2D eigenvalue weighted by molar-refractivity contribution is -0.643. The van der Waals surface area contributed by atoms with Crippen LogP contribution in [0, 0.1) is 0 Å². The highest BCUT2D eigenvalue weighted by molar-refractivity contribution is 5.63. The number of aromatic nitrogens is 1. The molecule has 0 fully saturated rings. The highest BCUT2D eigenvalue weighted by atomic mass is 14.8. The molecule has 0 bridgehead atoms. The van der Waals surface area contributed by atoms with Gasteiger partial charge in [0.05, 0.1) is 7.05 Å². The summed E-state index contributed by atoms with van der Waals surface area (Å²) in [6.07, 6.45) is 3.65. The van der Waals surface area contributed by atoms with E-state index in [-0.39, 0.29) is 0 Å². The Morgan fingerprint density at radius 1 is 1.07 bits per heavy atom. The third-order valence-corrected chi connectivity index (χ3v) is 2.38. The first kappa shape index (κ1) is 9.87. The molecule has 0 aliphatic rings. The summed E-state index contributed by atoms with van der Waals surface area (Å²) < 4.78 is 0. The minimum absolute atomic E-state index is 1.03. The highest BCUT2D eigenvalue weighted by Gasteiger charge is 1.98. The first-order chi connectivity index (χ1) is 7.40. The summed E-state index contributed by atoms with van der Waals surface area (Å²) in [7, 11) is 2.08. The van der Waals surface area contributed by atoms with Crippen molar-refractivity contribution in [2.45, 2.75) is 6.54 Å². The van der Waals surface area contributed by atoms with Gasteiger partial charge in [0.2, 0.25) is 0 Å². The van der Waals surface area contributed by atoms with Gasteiger partial charge in [0.1, 0.15) is 6.54 Å². The van der Waals surface area contributed by atoms with Crippen molar-refractivity contribution in [3.8, 4) is 11.1 Å². The Balaban J connectivity index is 2.33. The second-order valence-electron chi connectivity index (χ2n) is 3.55. The van der Waals surface area contributed by atoms with Gasteiger partial charge in [0.15, 0.2) is 0 Å². The predicted molar refractivity (Wildman–Crippen MR) is 61.2 cm³/mol. The molecule has 0 unspecified atom stereocenters. The minimum Gasteiger partial charge on any atom is -0.345 e. The molecule has 15 heavy (non-hydrogen) atoms. The maximum Gasteiger partial charge on any atom is 0.101 e. The molecule has 1 aromatic carbocycles. The van der Waals surface area contributed by atoms with Crippen LogP contribution < -0.4 is 5.32 Å². The zero-order valence-electron chi connectivity index (χ0n) is 8.85. The fraction of sp³-hybridized carbons (Fsp3) is 0.154. The summed E-state index contributed by atoms with van der Waals surface area (Å²) in [6.45, 7) is 1.03. The molecule has 0 amide bonds. The molecule has 2 rings (SSSR count). The SMILES string of the molecule is C[NH2+]Cc1cccc(-c2ccncc2)c1. The number of nitrogens with zero attached hydrogens (tertiary/aromatic N) is 1. The minimum atomic E-state index is 1.03. The standard InChI is InChI=1S/C13H14N2/c1-14-10-11-3-2-4-13(9-11)12-5-7-15-8-6-12/h2-9,14H,10H2,1H3/p+1. The van der Waals surface area contributed by atoms with Crippen LogP contribution in [0.25, 0.3) is 11.1 Å². The zero-order valence-corrected chi connectivity index (χ0v) is 8.85. The molecular weight excluding hydrogens is 184 g/mol. The number of nitrogens with two attached hydrogens (primary N) is 1. The van der Waals surface area contributed by atoms with Crippen molar-refractivity contribution in [1.29, 1.82) is 0 Å². The maximum atomic E-state index is 4.02. The molecule has 0 aliphatic heterocycles. The van der Waals surface area contributed by atoms with Crippen LogP contribution in [0.1, 0.15) is 5.56 Å². The molecule has 0 saturated heterocycles. The van der Waals surface area contributed by atoms with Crippen LogP contribution in [-0.2, 0) is 6.54 Å². The van der Waals surface area contributed by atoms with E-state index in [2.05, 4.69) is 41.6 Å². The third kappa shape index (κ3) is 2.42. The van der Waals surface area contributed by atoms with Gasteiger partial charge in [-0.25, -0.2) is 0 Å². The lowest BCUT2D eigenvalue weighted by atomic mass is 10.0. The van der Waals surface area contributed by atoms with Crippen molar-refractivity contribution in [2.24, 2.45) is 0 Å². The van der Waals surface area contributed by atoms with Crippen LogP contribution in [0.2, 0.25) is 0 Å². The van der Waals surface area contributed by atoms with Crippen molar-refractivity contribution in [1.82, 2.24) is 4.98 Å². The molecule has 2 heteroatoms. The second kappa shape index (κ2) is 4.71. The van der Waals surface area contributed by atoms with Crippen LogP contribution in [0.3, 0.4) is 0 Å². The van der Waals surface area contributed by atoms with Gasteiger partial charge >= 0.3 is 0 Å². The lowest BCUT2D eigenvalue weighted by Gasteiger charge is -2.03. The normalized spacial score (nSPS) is 10.2. The summed E-state index contributed by atoms with van der Waals surface area (Å²) >= 11 is 0. The molecule has 2 N–H and O–H groups in total. The first-order valence-electron chi connectivity index (χ1n) is 5.17. The Bertz CT molecular complexity index is 424. The summed E-state index contributed by atoms with van der Waals surface area (Å²) in [5.74, 6) is 0. The molecule has 2 nitrogen and oxygen atoms in total. The van der Waals surface area contributed by atoms with Crippen LogP contribution in [0.5, 0.6) is 0 Å². The van der Waals surface area contributed by atoms with Crippen molar-refractivity contribution in [3.63, 3.8) is 0 Å². The molecule has 0 saturated carbocycles. The quantitative estimate of drug-likeness (QED) is 0.796. The molecule has 0 atom stereocenters. The van der Waals surface area contributed by atoms with Crippen molar-refractivity contribution >= 4 is 0 Å². The van der Waals surface area contributed by atoms with E-state index in [0.29, 0.717) is 0 Å². The Labute approximate surface area is 90.0 Å². The van der Waals surface area contributed by atoms with Crippen LogP contribution >= 0.6 is 0 Å². The number of pyridine rings is 1. The average molecular weight is 199 g/mol. The van der Waals surface area contributed by atoms with E-state index in [1.165, 1.54) is 16.7 Å². The molecule has 0 spiro atoms. The molecule has 0 aliphatic carbocycles. The number of hydrogen-bond donors (Lipinski definition) is 1. The summed E-state index contributed by atoms with van der Waals surface area (Å²) in [6, 6.07) is 12.7. The number of quaternary nitrogens is 1. The van der Waals surface area contributed by atoms with E-state index in [0.717, 1.165) is 6.54 Å². The van der Waals surface area contributed by atoms with Crippen LogP contribution in [0.15, 0.2) is 48.8 Å². The summed E-state index contributed by atoms with van der Waals surface area (Å²) in [5, 5.41) is 2.17. The van der Waals surface area contributed by atoms with Gasteiger partial charge in [-0.1, -0.05) is 18.2 Å². The lowest BCUT2D eigenvalue weighted by Crippen LogP contribution is -2.77. The molecule has 2 aromatic rings. The van der Waals surface area contributed by atoms with Gasteiger partial charge in [0, 0.05) is 18.0 Å². The van der Waals surface area contributed by atoms with Gasteiger partial charge in [-0.05, 0) is 29.3 Å². The maximum absolute atomic E-state index is 4.02. The molecule has 0 radical (unpaired) electrons. The van der Waals surface area contributed by atoms with E-state index in [1.807, 2.05) is 24.5 Å². The van der Waals surface area contributed by atoms with E-state index in [1.54, 1.807) is 0 Å². The average Bonchev–Trinajstić information content (AvgIpc) is 2.31. The fourth-order valence-electron chi connectivity index (χ4n) is 1.66. The Kier molecular flexibility index (Phi) is 3.10. The molecular formula is C13H15N2+. The van der Waals surface area contributed by atoms with Gasteiger partial charge in [-0.15, -0.1) is 0 Å². The largest absolute Gasteiger partial charge is 0.345 e. The summed E-state index contributed by atoms with van der Waals surface area (Å²) in [5.41, 5.74) is 3.84. The Morgan fingerprint density at radius 2 is 1.87 bits per heavy atom. The monoisotopic (exact) mass is 199 g/mol. The zero-order chi connectivity index (χ0) is 10.5. The van der Waals surface area contributed by atoms with Crippen LogP contribution in [0.4, 0.5) is 0 Å². The Hall–Kier alpha value is -1.67. The van der Waals surface area contributed by atoms with E-state index in [9.17, 15) is 0 Å². The van der Waals surface area contributed by atoms with Gasteiger partial charge in [-0.2, -0.15) is 0 Å². The summed E-state index contributed by atoms with van der Waals surface area (Å²) in [4.78, 5) is 4.02. The molecule has 1 aromatic heterocycles. The van der Waals surface area contributed by atoms with E-state index < -0.39 is 0 Å². The topological polar surface area (TPSA) is 29.5 Å². The van der Waals surface area contributed by atoms with Gasteiger partial charge in [0.25, 0.3) is 0 Å².